The SMILES string of the molecule is CC1(C)OB(c2ccc(Sc3ccnc(OC4CCOCC4)c3)c(F)c2)OC1(C)C. The van der Waals surface area contributed by atoms with Crippen molar-refractivity contribution in [3.05, 3.63) is 42.3 Å². The quantitative estimate of drug-likeness (QED) is 0.661. The summed E-state index contributed by atoms with van der Waals surface area (Å²) < 4.78 is 38.2. The maximum atomic E-state index is 14.9. The molecule has 5 nitrogen and oxygen atoms in total. The van der Waals surface area contributed by atoms with Crippen molar-refractivity contribution in [1.82, 2.24) is 4.98 Å². The summed E-state index contributed by atoms with van der Waals surface area (Å²) in [5.74, 6) is 0.247. The Kier molecular flexibility index (Phi) is 6.12. The lowest BCUT2D eigenvalue weighted by atomic mass is 9.79. The first-order valence-electron chi connectivity index (χ1n) is 10.3. The van der Waals surface area contributed by atoms with Crippen LogP contribution in [-0.4, -0.2) is 42.6 Å². The number of nitrogens with zero attached hydrogens (tertiary/aromatic N) is 1. The van der Waals surface area contributed by atoms with Crippen LogP contribution in [-0.2, 0) is 14.0 Å². The maximum Gasteiger partial charge on any atom is 0.494 e. The molecule has 30 heavy (non-hydrogen) atoms. The van der Waals surface area contributed by atoms with Gasteiger partial charge < -0.3 is 18.8 Å². The Morgan fingerprint density at radius 1 is 1.07 bits per heavy atom. The van der Waals surface area contributed by atoms with E-state index in [1.165, 1.54) is 17.8 Å². The Hall–Kier alpha value is -1.61. The molecule has 0 aliphatic carbocycles. The zero-order valence-electron chi connectivity index (χ0n) is 17.8. The summed E-state index contributed by atoms with van der Waals surface area (Å²) in [6, 6.07) is 8.81. The number of aromatic nitrogens is 1. The van der Waals surface area contributed by atoms with E-state index in [1.54, 1.807) is 12.3 Å². The van der Waals surface area contributed by atoms with Gasteiger partial charge >= 0.3 is 7.12 Å². The number of halogens is 1. The molecule has 2 fully saturated rings. The molecule has 0 saturated carbocycles. The van der Waals surface area contributed by atoms with Crippen LogP contribution in [0.4, 0.5) is 4.39 Å². The van der Waals surface area contributed by atoms with Crippen LogP contribution in [0.2, 0.25) is 0 Å². The second kappa shape index (κ2) is 8.50. The van der Waals surface area contributed by atoms with Gasteiger partial charge in [0.1, 0.15) is 11.9 Å². The summed E-state index contributed by atoms with van der Waals surface area (Å²) in [4.78, 5) is 5.68. The Morgan fingerprint density at radius 3 is 2.43 bits per heavy atom. The summed E-state index contributed by atoms with van der Waals surface area (Å²) in [6.07, 6.45) is 3.51. The molecule has 2 saturated heterocycles. The number of pyridine rings is 1. The summed E-state index contributed by atoms with van der Waals surface area (Å²) in [6.45, 7) is 9.35. The van der Waals surface area contributed by atoms with Crippen LogP contribution in [0.5, 0.6) is 5.88 Å². The van der Waals surface area contributed by atoms with Crippen molar-refractivity contribution in [2.75, 3.05) is 13.2 Å². The Labute approximate surface area is 181 Å². The fraction of sp³-hybridized carbons (Fsp3) is 0.500. The van der Waals surface area contributed by atoms with Crippen LogP contribution in [0.25, 0.3) is 0 Å². The summed E-state index contributed by atoms with van der Waals surface area (Å²) in [5.41, 5.74) is -0.243. The first-order valence-corrected chi connectivity index (χ1v) is 11.1. The van der Waals surface area contributed by atoms with Gasteiger partial charge in [-0.25, -0.2) is 9.37 Å². The van der Waals surface area contributed by atoms with E-state index >= 15 is 0 Å². The fourth-order valence-corrected chi connectivity index (χ4v) is 4.17. The van der Waals surface area contributed by atoms with Crippen LogP contribution in [0.15, 0.2) is 46.3 Å². The summed E-state index contributed by atoms with van der Waals surface area (Å²) in [7, 11) is -0.580. The van der Waals surface area contributed by atoms with Gasteiger partial charge in [-0.15, -0.1) is 0 Å². The monoisotopic (exact) mass is 431 g/mol. The van der Waals surface area contributed by atoms with Crippen molar-refractivity contribution in [2.24, 2.45) is 0 Å². The normalized spacial score (nSPS) is 21.0. The Morgan fingerprint density at radius 2 is 1.77 bits per heavy atom. The molecule has 0 atom stereocenters. The molecule has 3 heterocycles. The second-order valence-corrected chi connectivity index (χ2v) is 9.75. The van der Waals surface area contributed by atoms with Crippen molar-refractivity contribution in [2.45, 2.75) is 67.6 Å². The van der Waals surface area contributed by atoms with Gasteiger partial charge in [-0.3, -0.25) is 0 Å². The van der Waals surface area contributed by atoms with Gasteiger partial charge in [-0.05, 0) is 51.4 Å². The third-order valence-corrected chi connectivity index (χ3v) is 6.91. The number of rotatable bonds is 5. The van der Waals surface area contributed by atoms with Gasteiger partial charge in [0.25, 0.3) is 0 Å². The van der Waals surface area contributed by atoms with E-state index in [0.717, 1.165) is 17.7 Å². The van der Waals surface area contributed by atoms with E-state index in [1.807, 2.05) is 45.9 Å². The topological polar surface area (TPSA) is 49.8 Å². The lowest BCUT2D eigenvalue weighted by Crippen LogP contribution is -2.41. The average Bonchev–Trinajstić information content (AvgIpc) is 2.92. The molecule has 0 unspecified atom stereocenters. The number of ether oxygens (including phenoxy) is 2. The van der Waals surface area contributed by atoms with Crippen molar-refractivity contribution >= 4 is 24.3 Å². The molecule has 1 aromatic heterocycles. The largest absolute Gasteiger partial charge is 0.494 e. The van der Waals surface area contributed by atoms with Gasteiger partial charge in [0.15, 0.2) is 0 Å². The number of hydrogen-bond donors (Lipinski definition) is 0. The molecule has 160 valence electrons. The van der Waals surface area contributed by atoms with Gasteiger partial charge in [0.05, 0.1) is 24.4 Å². The van der Waals surface area contributed by atoms with Gasteiger partial charge in [-0.2, -0.15) is 0 Å². The van der Waals surface area contributed by atoms with Gasteiger partial charge in [-0.1, -0.05) is 17.8 Å². The standard InChI is InChI=1S/C22H27BFNO4S/c1-21(2)22(3,4)29-23(28-21)15-5-6-19(18(24)13-15)30-17-7-10-25-20(14-17)27-16-8-11-26-12-9-16/h5-7,10,13-14,16H,8-9,11-12H2,1-4H3. The predicted octanol–water partition coefficient (Wildman–Crippen LogP) is 4.23. The zero-order valence-corrected chi connectivity index (χ0v) is 18.6. The highest BCUT2D eigenvalue weighted by Crippen LogP contribution is 2.37. The molecule has 8 heteroatoms. The fourth-order valence-electron chi connectivity index (χ4n) is 3.34. The minimum absolute atomic E-state index is 0.113. The number of benzene rings is 1. The van der Waals surface area contributed by atoms with E-state index < -0.39 is 18.3 Å². The van der Waals surface area contributed by atoms with Crippen molar-refractivity contribution in [3.8, 4) is 5.88 Å². The lowest BCUT2D eigenvalue weighted by Gasteiger charge is -2.32. The van der Waals surface area contributed by atoms with Crippen LogP contribution in [0.1, 0.15) is 40.5 Å². The lowest BCUT2D eigenvalue weighted by molar-refractivity contribution is 0.00578. The molecule has 2 aliphatic heterocycles. The highest BCUT2D eigenvalue weighted by atomic mass is 32.2. The van der Waals surface area contributed by atoms with Crippen molar-refractivity contribution < 1.29 is 23.2 Å². The summed E-state index contributed by atoms with van der Waals surface area (Å²) >= 11 is 1.34. The molecule has 0 amide bonds. The molecule has 0 radical (unpaired) electrons. The van der Waals surface area contributed by atoms with Crippen molar-refractivity contribution in [3.63, 3.8) is 0 Å². The minimum Gasteiger partial charge on any atom is -0.474 e. The van der Waals surface area contributed by atoms with Crippen LogP contribution < -0.4 is 10.2 Å². The van der Waals surface area contributed by atoms with E-state index in [2.05, 4.69) is 4.98 Å². The van der Waals surface area contributed by atoms with Crippen molar-refractivity contribution in [1.29, 1.82) is 0 Å². The molecular formula is C22H27BFNO4S. The van der Waals surface area contributed by atoms with E-state index in [-0.39, 0.29) is 11.9 Å². The third kappa shape index (κ3) is 4.67. The van der Waals surface area contributed by atoms with Crippen LogP contribution >= 0.6 is 11.8 Å². The summed E-state index contributed by atoms with van der Waals surface area (Å²) in [5, 5.41) is 0. The van der Waals surface area contributed by atoms with E-state index in [9.17, 15) is 4.39 Å². The molecular weight excluding hydrogens is 404 g/mol. The molecule has 0 spiro atoms. The molecule has 2 aliphatic rings. The molecule has 0 N–H and O–H groups in total. The third-order valence-electron chi connectivity index (χ3n) is 5.87. The van der Waals surface area contributed by atoms with E-state index in [4.69, 9.17) is 18.8 Å². The highest BCUT2D eigenvalue weighted by Gasteiger charge is 2.51. The first kappa shape index (κ1) is 21.6. The number of hydrogen-bond acceptors (Lipinski definition) is 6. The second-order valence-electron chi connectivity index (χ2n) is 8.64. The first-order chi connectivity index (χ1) is 14.2. The molecule has 2 aromatic rings. The minimum atomic E-state index is -0.580. The molecule has 1 aromatic carbocycles. The van der Waals surface area contributed by atoms with Crippen LogP contribution in [0.3, 0.4) is 0 Å². The highest BCUT2D eigenvalue weighted by molar-refractivity contribution is 7.99. The van der Waals surface area contributed by atoms with Gasteiger partial charge in [0, 0.05) is 34.9 Å². The smallest absolute Gasteiger partial charge is 0.474 e. The Bertz CT molecular complexity index is 888. The average molecular weight is 431 g/mol. The predicted molar refractivity (Wildman–Crippen MR) is 115 cm³/mol. The van der Waals surface area contributed by atoms with E-state index in [0.29, 0.717) is 29.5 Å². The maximum absolute atomic E-state index is 14.9. The van der Waals surface area contributed by atoms with Crippen LogP contribution in [0, 0.1) is 5.82 Å². The molecule has 0 bridgehead atoms. The zero-order chi connectivity index (χ0) is 21.4. The van der Waals surface area contributed by atoms with Gasteiger partial charge in [0.2, 0.25) is 5.88 Å². The molecule has 4 rings (SSSR count). The Balaban J connectivity index is 1.45.